The standard InChI is InChI=1S/C12H8N4O3S/c17-10(18)9-14-11(19)16(15-9)12-13-8(6-20-12)7-4-2-1-3-5-7/h1-6H,(H,17,18)(H,14,15,19). The Labute approximate surface area is 116 Å². The first-order valence-corrected chi connectivity index (χ1v) is 6.47. The molecular weight excluding hydrogens is 280 g/mol. The molecule has 2 aromatic heterocycles. The second-order valence-electron chi connectivity index (χ2n) is 3.88. The first-order chi connectivity index (χ1) is 9.65. The number of aromatic amines is 1. The Kier molecular flexibility index (Phi) is 2.92. The van der Waals surface area contributed by atoms with E-state index in [9.17, 15) is 9.59 Å². The molecule has 0 saturated carbocycles. The Morgan fingerprint density at radius 2 is 2.05 bits per heavy atom. The monoisotopic (exact) mass is 288 g/mol. The molecule has 2 N–H and O–H groups in total. The van der Waals surface area contributed by atoms with Crippen LogP contribution in [0.1, 0.15) is 10.6 Å². The molecule has 0 aliphatic heterocycles. The second kappa shape index (κ2) is 4.74. The molecule has 0 aliphatic carbocycles. The molecule has 0 amide bonds. The van der Waals surface area contributed by atoms with Gasteiger partial charge < -0.3 is 5.11 Å². The summed E-state index contributed by atoms with van der Waals surface area (Å²) in [7, 11) is 0. The Morgan fingerprint density at radius 3 is 2.70 bits per heavy atom. The van der Waals surface area contributed by atoms with Gasteiger partial charge in [-0.2, -0.15) is 4.68 Å². The highest BCUT2D eigenvalue weighted by Crippen LogP contribution is 2.22. The molecule has 0 radical (unpaired) electrons. The van der Waals surface area contributed by atoms with Crippen molar-refractivity contribution in [2.75, 3.05) is 0 Å². The number of aromatic nitrogens is 4. The van der Waals surface area contributed by atoms with Crippen molar-refractivity contribution in [3.05, 3.63) is 52.0 Å². The third kappa shape index (κ3) is 2.12. The van der Waals surface area contributed by atoms with Crippen LogP contribution in [0.4, 0.5) is 0 Å². The highest BCUT2D eigenvalue weighted by molar-refractivity contribution is 7.12. The number of benzene rings is 1. The van der Waals surface area contributed by atoms with E-state index in [1.807, 2.05) is 30.3 Å². The number of nitrogens with one attached hydrogen (secondary N) is 1. The molecule has 0 aliphatic rings. The van der Waals surface area contributed by atoms with E-state index in [1.165, 1.54) is 11.3 Å². The molecule has 8 heteroatoms. The van der Waals surface area contributed by atoms with E-state index in [1.54, 1.807) is 5.38 Å². The SMILES string of the molecule is O=C(O)c1nn(-c2nc(-c3ccccc3)cs2)c(=O)[nH]1. The number of hydrogen-bond donors (Lipinski definition) is 2. The lowest BCUT2D eigenvalue weighted by atomic mass is 10.2. The highest BCUT2D eigenvalue weighted by atomic mass is 32.1. The van der Waals surface area contributed by atoms with Gasteiger partial charge in [0.2, 0.25) is 11.0 Å². The first kappa shape index (κ1) is 12.3. The fourth-order valence-electron chi connectivity index (χ4n) is 1.65. The van der Waals surface area contributed by atoms with E-state index < -0.39 is 17.5 Å². The third-order valence-electron chi connectivity index (χ3n) is 2.56. The van der Waals surface area contributed by atoms with Crippen molar-refractivity contribution in [1.82, 2.24) is 19.7 Å². The molecule has 0 atom stereocenters. The van der Waals surface area contributed by atoms with Crippen molar-refractivity contribution >= 4 is 17.3 Å². The first-order valence-electron chi connectivity index (χ1n) is 5.59. The second-order valence-corrected chi connectivity index (χ2v) is 4.71. The van der Waals surface area contributed by atoms with Crippen LogP contribution in [0.2, 0.25) is 0 Å². The molecular formula is C12H8N4O3S. The van der Waals surface area contributed by atoms with Gasteiger partial charge in [0, 0.05) is 10.9 Å². The quantitative estimate of drug-likeness (QED) is 0.758. The van der Waals surface area contributed by atoms with E-state index in [0.717, 1.165) is 10.2 Å². The maximum Gasteiger partial charge on any atom is 0.373 e. The number of carbonyl (C=O) groups is 1. The number of carboxylic acids is 1. The Morgan fingerprint density at radius 1 is 1.30 bits per heavy atom. The number of nitrogens with zero attached hydrogens (tertiary/aromatic N) is 3. The largest absolute Gasteiger partial charge is 0.475 e. The lowest BCUT2D eigenvalue weighted by molar-refractivity contribution is 0.0683. The molecule has 3 rings (SSSR count). The molecule has 1 aromatic carbocycles. The van der Waals surface area contributed by atoms with Crippen LogP contribution in [0, 0.1) is 0 Å². The van der Waals surface area contributed by atoms with Crippen LogP contribution in [-0.2, 0) is 0 Å². The van der Waals surface area contributed by atoms with E-state index in [0.29, 0.717) is 10.8 Å². The minimum Gasteiger partial charge on any atom is -0.475 e. The Hall–Kier alpha value is -2.74. The smallest absolute Gasteiger partial charge is 0.373 e. The van der Waals surface area contributed by atoms with Crippen molar-refractivity contribution in [2.24, 2.45) is 0 Å². The summed E-state index contributed by atoms with van der Waals surface area (Å²) in [6.45, 7) is 0. The van der Waals surface area contributed by atoms with E-state index >= 15 is 0 Å². The van der Waals surface area contributed by atoms with Crippen LogP contribution in [-0.4, -0.2) is 30.8 Å². The van der Waals surface area contributed by atoms with Crippen LogP contribution < -0.4 is 5.69 Å². The average molecular weight is 288 g/mol. The Balaban J connectivity index is 2.03. The van der Waals surface area contributed by atoms with Crippen molar-refractivity contribution in [1.29, 1.82) is 0 Å². The number of thiazole rings is 1. The summed E-state index contributed by atoms with van der Waals surface area (Å²) in [5.41, 5.74) is 0.991. The van der Waals surface area contributed by atoms with Crippen LogP contribution in [0.25, 0.3) is 16.4 Å². The minimum absolute atomic E-state index is 0.317. The maximum absolute atomic E-state index is 11.6. The van der Waals surface area contributed by atoms with Crippen LogP contribution in [0.15, 0.2) is 40.5 Å². The maximum atomic E-state index is 11.6. The number of H-pyrrole nitrogens is 1. The number of rotatable bonds is 3. The van der Waals surface area contributed by atoms with Gasteiger partial charge in [0.15, 0.2) is 0 Å². The lowest BCUT2D eigenvalue weighted by Crippen LogP contribution is -2.15. The molecule has 3 aromatic rings. The normalized spacial score (nSPS) is 10.6. The predicted molar refractivity (Wildman–Crippen MR) is 72.3 cm³/mol. The van der Waals surface area contributed by atoms with Crippen molar-refractivity contribution in [3.8, 4) is 16.4 Å². The fourth-order valence-corrected chi connectivity index (χ4v) is 2.43. The summed E-state index contributed by atoms with van der Waals surface area (Å²) in [5.74, 6) is -1.70. The van der Waals surface area contributed by atoms with Gasteiger partial charge in [-0.1, -0.05) is 30.3 Å². The highest BCUT2D eigenvalue weighted by Gasteiger charge is 2.15. The molecule has 20 heavy (non-hydrogen) atoms. The molecule has 0 bridgehead atoms. The van der Waals surface area contributed by atoms with Gasteiger partial charge in [0.05, 0.1) is 5.69 Å². The summed E-state index contributed by atoms with van der Waals surface area (Å²) in [4.78, 5) is 28.8. The van der Waals surface area contributed by atoms with Crippen LogP contribution in [0.3, 0.4) is 0 Å². The molecule has 0 unspecified atom stereocenters. The lowest BCUT2D eigenvalue weighted by Gasteiger charge is -1.94. The van der Waals surface area contributed by atoms with Crippen LogP contribution >= 0.6 is 11.3 Å². The predicted octanol–water partition coefficient (Wildman–Crippen LogP) is 1.38. The van der Waals surface area contributed by atoms with Gasteiger partial charge in [0.25, 0.3) is 0 Å². The summed E-state index contributed by atoms with van der Waals surface area (Å²) in [6, 6.07) is 9.47. The van der Waals surface area contributed by atoms with Gasteiger partial charge >= 0.3 is 11.7 Å². The van der Waals surface area contributed by atoms with Crippen LogP contribution in [0.5, 0.6) is 0 Å². The van der Waals surface area contributed by atoms with Gasteiger partial charge in [0.1, 0.15) is 0 Å². The van der Waals surface area contributed by atoms with Gasteiger partial charge in [-0.25, -0.2) is 14.6 Å². The van der Waals surface area contributed by atoms with Gasteiger partial charge in [-0.05, 0) is 0 Å². The molecule has 0 spiro atoms. The van der Waals surface area contributed by atoms with Crippen molar-refractivity contribution in [3.63, 3.8) is 0 Å². The topological polar surface area (TPSA) is 101 Å². The number of hydrogen-bond acceptors (Lipinski definition) is 5. The number of carboxylic acid groups (broad SMARTS) is 1. The fraction of sp³-hybridized carbons (Fsp3) is 0. The summed E-state index contributed by atoms with van der Waals surface area (Å²) in [6.07, 6.45) is 0. The molecule has 7 nitrogen and oxygen atoms in total. The molecule has 0 fully saturated rings. The zero-order valence-electron chi connectivity index (χ0n) is 9.98. The van der Waals surface area contributed by atoms with E-state index in [2.05, 4.69) is 15.1 Å². The summed E-state index contributed by atoms with van der Waals surface area (Å²) in [5, 5.41) is 14.6. The summed E-state index contributed by atoms with van der Waals surface area (Å²) < 4.78 is 0.945. The molecule has 100 valence electrons. The summed E-state index contributed by atoms with van der Waals surface area (Å²) >= 11 is 1.21. The minimum atomic E-state index is -1.29. The van der Waals surface area contributed by atoms with E-state index in [4.69, 9.17) is 5.11 Å². The third-order valence-corrected chi connectivity index (χ3v) is 3.38. The number of aromatic carboxylic acids is 1. The molecule has 2 heterocycles. The zero-order valence-corrected chi connectivity index (χ0v) is 10.8. The van der Waals surface area contributed by atoms with Gasteiger partial charge in [-0.3, -0.25) is 4.98 Å². The molecule has 0 saturated heterocycles. The Bertz CT molecular complexity index is 819. The zero-order chi connectivity index (χ0) is 14.1. The van der Waals surface area contributed by atoms with E-state index in [-0.39, 0.29) is 0 Å². The van der Waals surface area contributed by atoms with Crippen molar-refractivity contribution in [2.45, 2.75) is 0 Å². The average Bonchev–Trinajstić information content (AvgIpc) is 3.06. The van der Waals surface area contributed by atoms with Gasteiger partial charge in [-0.15, -0.1) is 16.4 Å². The van der Waals surface area contributed by atoms with Crippen molar-refractivity contribution < 1.29 is 9.90 Å².